The van der Waals surface area contributed by atoms with Gasteiger partial charge in [-0.1, -0.05) is 0 Å². The molecular weight excluding hydrogens is 262 g/mol. The van der Waals surface area contributed by atoms with Crippen LogP contribution in [0.2, 0.25) is 0 Å². The van der Waals surface area contributed by atoms with E-state index in [1.165, 1.54) is 18.5 Å². The normalized spacial score (nSPS) is 17.9. The maximum atomic E-state index is 13.9. The van der Waals surface area contributed by atoms with Gasteiger partial charge in [0.1, 0.15) is 24.3 Å². The summed E-state index contributed by atoms with van der Waals surface area (Å²) in [5, 5.41) is 7.44. The number of hydrogen-bond acceptors (Lipinski definition) is 3. The van der Waals surface area contributed by atoms with Crippen LogP contribution in [0.1, 0.15) is 25.3 Å². The average Bonchev–Trinajstić information content (AvgIpc) is 2.99. The minimum Gasteiger partial charge on any atom is -0.303 e. The van der Waals surface area contributed by atoms with Gasteiger partial charge in [-0.2, -0.15) is 5.10 Å². The summed E-state index contributed by atoms with van der Waals surface area (Å²) in [5.74, 6) is -0.761. The first-order valence-corrected chi connectivity index (χ1v) is 6.65. The molecule has 1 heterocycles. The minimum atomic E-state index is -0.438. The van der Waals surface area contributed by atoms with Gasteiger partial charge in [0, 0.05) is 17.1 Å². The third-order valence-corrected chi connectivity index (χ3v) is 3.64. The Kier molecular flexibility index (Phi) is 3.25. The third-order valence-electron chi connectivity index (χ3n) is 3.64. The van der Waals surface area contributed by atoms with Crippen LogP contribution in [0, 0.1) is 11.6 Å². The molecule has 106 valence electrons. The van der Waals surface area contributed by atoms with Crippen LogP contribution in [0.5, 0.6) is 0 Å². The lowest BCUT2D eigenvalue weighted by Gasteiger charge is -2.23. The Labute approximate surface area is 115 Å². The first kappa shape index (κ1) is 13.2. The van der Waals surface area contributed by atoms with Crippen molar-refractivity contribution in [1.82, 2.24) is 20.1 Å². The lowest BCUT2D eigenvalue weighted by Crippen LogP contribution is -2.39. The van der Waals surface area contributed by atoms with Crippen LogP contribution in [0.25, 0.3) is 0 Å². The summed E-state index contributed by atoms with van der Waals surface area (Å²) >= 11 is 0. The van der Waals surface area contributed by atoms with Crippen LogP contribution < -0.4 is 5.32 Å². The zero-order valence-electron chi connectivity index (χ0n) is 11.2. The fraction of sp³-hybridized carbons (Fsp3) is 0.429. The van der Waals surface area contributed by atoms with Gasteiger partial charge in [-0.15, -0.1) is 0 Å². The van der Waals surface area contributed by atoms with Crippen molar-refractivity contribution in [3.05, 3.63) is 48.1 Å². The largest absolute Gasteiger partial charge is 0.303 e. The monoisotopic (exact) mass is 278 g/mol. The number of rotatable bonds is 5. The molecule has 0 unspecified atom stereocenters. The second-order valence-corrected chi connectivity index (χ2v) is 5.37. The number of aromatic nitrogens is 3. The van der Waals surface area contributed by atoms with Gasteiger partial charge in [0.15, 0.2) is 0 Å². The molecule has 3 rings (SSSR count). The fourth-order valence-electron chi connectivity index (χ4n) is 2.61. The first-order chi connectivity index (χ1) is 9.59. The van der Waals surface area contributed by atoms with Crippen molar-refractivity contribution in [2.45, 2.75) is 37.9 Å². The van der Waals surface area contributed by atoms with Crippen LogP contribution in [-0.2, 0) is 12.1 Å². The van der Waals surface area contributed by atoms with Crippen LogP contribution >= 0.6 is 0 Å². The number of nitrogens with one attached hydrogen (secondary N) is 1. The van der Waals surface area contributed by atoms with Gasteiger partial charge in [0.2, 0.25) is 0 Å². The van der Waals surface area contributed by atoms with Crippen LogP contribution in [-0.4, -0.2) is 20.8 Å². The van der Waals surface area contributed by atoms with E-state index in [2.05, 4.69) is 15.4 Å². The zero-order valence-corrected chi connectivity index (χ0v) is 11.2. The summed E-state index contributed by atoms with van der Waals surface area (Å²) in [6.07, 6.45) is 4.75. The molecule has 20 heavy (non-hydrogen) atoms. The Balaban J connectivity index is 1.74. The molecule has 0 amide bonds. The van der Waals surface area contributed by atoms with E-state index in [1.807, 2.05) is 6.92 Å². The van der Waals surface area contributed by atoms with Crippen molar-refractivity contribution in [3.63, 3.8) is 0 Å². The minimum absolute atomic E-state index is 0.0851. The highest BCUT2D eigenvalue weighted by molar-refractivity contribution is 5.32. The van der Waals surface area contributed by atoms with E-state index in [0.717, 1.165) is 18.9 Å². The molecule has 1 atom stereocenters. The molecule has 1 saturated carbocycles. The lowest BCUT2D eigenvalue weighted by atomic mass is 10.0. The number of hydrogen-bond donors (Lipinski definition) is 1. The summed E-state index contributed by atoms with van der Waals surface area (Å²) in [6, 6.07) is 3.71. The molecule has 2 aromatic rings. The van der Waals surface area contributed by atoms with Crippen molar-refractivity contribution in [1.29, 1.82) is 0 Å². The molecule has 0 aliphatic heterocycles. The van der Waals surface area contributed by atoms with Crippen LogP contribution in [0.3, 0.4) is 0 Å². The number of benzene rings is 1. The lowest BCUT2D eigenvalue weighted by molar-refractivity contribution is 0.376. The van der Waals surface area contributed by atoms with E-state index >= 15 is 0 Å². The molecule has 1 aromatic carbocycles. The molecule has 1 aliphatic carbocycles. The Morgan fingerprint density at radius 1 is 1.40 bits per heavy atom. The number of nitrogens with zero attached hydrogens (tertiary/aromatic N) is 3. The number of halogens is 2. The molecular formula is C14H16F2N4. The Bertz CT molecular complexity index is 593. The van der Waals surface area contributed by atoms with Gasteiger partial charge in [0.05, 0.1) is 6.54 Å². The molecule has 1 aromatic heterocycles. The summed E-state index contributed by atoms with van der Waals surface area (Å²) in [4.78, 5) is 3.89. The predicted octanol–water partition coefficient (Wildman–Crippen LogP) is 2.22. The Morgan fingerprint density at radius 3 is 2.85 bits per heavy atom. The van der Waals surface area contributed by atoms with Gasteiger partial charge in [-0.3, -0.25) is 4.68 Å². The topological polar surface area (TPSA) is 42.7 Å². The van der Waals surface area contributed by atoms with Gasteiger partial charge in [-0.25, -0.2) is 13.8 Å². The maximum absolute atomic E-state index is 13.9. The van der Waals surface area contributed by atoms with Gasteiger partial charge < -0.3 is 5.32 Å². The standard InChI is InChI=1S/C14H16F2N4/c1-10(7-20-9-17-8-18-20)19-14(4-5-14)12-6-11(15)2-3-13(12)16/h2-3,6,8-10,19H,4-5,7H2,1H3/t10-/m0/s1. The molecule has 1 N–H and O–H groups in total. The molecule has 1 fully saturated rings. The molecule has 0 spiro atoms. The zero-order chi connectivity index (χ0) is 14.2. The molecule has 1 aliphatic rings. The summed E-state index contributed by atoms with van der Waals surface area (Å²) < 4.78 is 28.9. The van der Waals surface area contributed by atoms with E-state index in [-0.39, 0.29) is 11.9 Å². The highest BCUT2D eigenvalue weighted by Gasteiger charge is 2.46. The SMILES string of the molecule is C[C@@H](Cn1cncn1)NC1(c2cc(F)ccc2F)CC1. The summed E-state index contributed by atoms with van der Waals surface area (Å²) in [7, 11) is 0. The fourth-order valence-corrected chi connectivity index (χ4v) is 2.61. The maximum Gasteiger partial charge on any atom is 0.137 e. The second-order valence-electron chi connectivity index (χ2n) is 5.37. The van der Waals surface area contributed by atoms with Crippen molar-refractivity contribution in [3.8, 4) is 0 Å². The quantitative estimate of drug-likeness (QED) is 0.912. The smallest absolute Gasteiger partial charge is 0.137 e. The van der Waals surface area contributed by atoms with E-state index in [9.17, 15) is 8.78 Å². The van der Waals surface area contributed by atoms with Crippen molar-refractivity contribution >= 4 is 0 Å². The van der Waals surface area contributed by atoms with Crippen LogP contribution in [0.4, 0.5) is 8.78 Å². The molecule has 6 heteroatoms. The van der Waals surface area contributed by atoms with Gasteiger partial charge in [0.25, 0.3) is 0 Å². The van der Waals surface area contributed by atoms with Gasteiger partial charge >= 0.3 is 0 Å². The van der Waals surface area contributed by atoms with Crippen LogP contribution in [0.15, 0.2) is 30.9 Å². The van der Waals surface area contributed by atoms with E-state index in [1.54, 1.807) is 11.0 Å². The molecule has 4 nitrogen and oxygen atoms in total. The summed E-state index contributed by atoms with van der Waals surface area (Å²) in [6.45, 7) is 2.64. The highest BCUT2D eigenvalue weighted by atomic mass is 19.1. The van der Waals surface area contributed by atoms with Crippen molar-refractivity contribution < 1.29 is 8.78 Å². The van der Waals surface area contributed by atoms with E-state index < -0.39 is 11.4 Å². The van der Waals surface area contributed by atoms with Gasteiger partial charge in [-0.05, 0) is 38.0 Å². The summed E-state index contributed by atoms with van der Waals surface area (Å²) in [5.41, 5.74) is -0.0189. The third kappa shape index (κ3) is 2.56. The van der Waals surface area contributed by atoms with Crippen molar-refractivity contribution in [2.75, 3.05) is 0 Å². The van der Waals surface area contributed by atoms with Crippen molar-refractivity contribution in [2.24, 2.45) is 0 Å². The van der Waals surface area contributed by atoms with E-state index in [0.29, 0.717) is 12.1 Å². The highest BCUT2D eigenvalue weighted by Crippen LogP contribution is 2.47. The second kappa shape index (κ2) is 4.94. The average molecular weight is 278 g/mol. The van der Waals surface area contributed by atoms with E-state index in [4.69, 9.17) is 0 Å². The molecule has 0 saturated heterocycles. The molecule has 0 radical (unpaired) electrons. The Morgan fingerprint density at radius 2 is 2.20 bits per heavy atom. The first-order valence-electron chi connectivity index (χ1n) is 6.65. The molecule has 0 bridgehead atoms. The Hall–Kier alpha value is -1.82. The predicted molar refractivity (Wildman–Crippen MR) is 69.9 cm³/mol.